The Morgan fingerprint density at radius 3 is 2.50 bits per heavy atom. The lowest BCUT2D eigenvalue weighted by Gasteiger charge is -2.16. The van der Waals surface area contributed by atoms with Crippen molar-refractivity contribution in [3.8, 4) is 0 Å². The molecule has 0 saturated carbocycles. The van der Waals surface area contributed by atoms with E-state index in [1.807, 2.05) is 12.1 Å². The van der Waals surface area contributed by atoms with Gasteiger partial charge in [-0.1, -0.05) is 55.2 Å². The van der Waals surface area contributed by atoms with Crippen LogP contribution in [-0.2, 0) is 4.79 Å². The Bertz CT molecular complexity index is 348. The Balaban J connectivity index is 3.01. The van der Waals surface area contributed by atoms with Crippen LogP contribution >= 0.6 is 0 Å². The van der Waals surface area contributed by atoms with Gasteiger partial charge in [0.25, 0.3) is 0 Å². The number of benzene rings is 1. The highest BCUT2D eigenvalue weighted by Gasteiger charge is 2.15. The van der Waals surface area contributed by atoms with Gasteiger partial charge >= 0.3 is 0 Å². The summed E-state index contributed by atoms with van der Waals surface area (Å²) in [6.07, 6.45) is 4.18. The van der Waals surface area contributed by atoms with Crippen molar-refractivity contribution in [3.05, 3.63) is 35.9 Å². The SMILES string of the molecule is C[Si](C)(C)c1cccc(C=CC=O)c1. The van der Waals surface area contributed by atoms with E-state index in [4.69, 9.17) is 0 Å². The molecule has 0 radical (unpaired) electrons. The summed E-state index contributed by atoms with van der Waals surface area (Å²) >= 11 is 0. The second-order valence-electron chi connectivity index (χ2n) is 4.37. The predicted molar refractivity (Wildman–Crippen MR) is 64.5 cm³/mol. The van der Waals surface area contributed by atoms with Gasteiger partial charge in [-0.25, -0.2) is 0 Å². The van der Waals surface area contributed by atoms with Crippen LogP contribution in [0.3, 0.4) is 0 Å². The maximum atomic E-state index is 10.2. The van der Waals surface area contributed by atoms with Crippen LogP contribution in [0.4, 0.5) is 0 Å². The molecule has 0 heterocycles. The highest BCUT2D eigenvalue weighted by Crippen LogP contribution is 2.06. The first-order valence-electron chi connectivity index (χ1n) is 4.76. The maximum absolute atomic E-state index is 10.2. The molecule has 0 aliphatic carbocycles. The number of carbonyl (C=O) groups excluding carboxylic acids is 1. The molecule has 0 unspecified atom stereocenters. The summed E-state index contributed by atoms with van der Waals surface area (Å²) in [6.45, 7) is 6.95. The quantitative estimate of drug-likeness (QED) is 0.420. The first-order valence-corrected chi connectivity index (χ1v) is 8.26. The largest absolute Gasteiger partial charge is 0.299 e. The van der Waals surface area contributed by atoms with Crippen molar-refractivity contribution in [2.45, 2.75) is 19.6 Å². The second kappa shape index (κ2) is 4.38. The summed E-state index contributed by atoms with van der Waals surface area (Å²) in [4.78, 5) is 10.2. The summed E-state index contributed by atoms with van der Waals surface area (Å²) in [6, 6.07) is 8.42. The molecule has 1 nitrogen and oxygen atoms in total. The van der Waals surface area contributed by atoms with E-state index in [1.165, 1.54) is 11.3 Å². The van der Waals surface area contributed by atoms with Crippen LogP contribution < -0.4 is 5.19 Å². The molecule has 0 fully saturated rings. The molecule has 0 aromatic heterocycles. The molecule has 1 rings (SSSR count). The standard InChI is InChI=1S/C12H16OSi/c1-14(2,3)12-8-4-6-11(10-12)7-5-9-13/h4-10H,1-3H3. The lowest BCUT2D eigenvalue weighted by molar-refractivity contribution is -0.104. The van der Waals surface area contributed by atoms with E-state index in [1.54, 1.807) is 0 Å². The van der Waals surface area contributed by atoms with Gasteiger partial charge in [0, 0.05) is 0 Å². The molecule has 1 aromatic rings. The lowest BCUT2D eigenvalue weighted by atomic mass is 10.2. The van der Waals surface area contributed by atoms with E-state index in [-0.39, 0.29) is 0 Å². The molecule has 2 heteroatoms. The van der Waals surface area contributed by atoms with Gasteiger partial charge in [-0.15, -0.1) is 0 Å². The first-order chi connectivity index (χ1) is 6.54. The Labute approximate surface area is 86.5 Å². The molecule has 0 spiro atoms. The number of hydrogen-bond acceptors (Lipinski definition) is 1. The Morgan fingerprint density at radius 1 is 1.21 bits per heavy atom. The van der Waals surface area contributed by atoms with Crippen molar-refractivity contribution < 1.29 is 4.79 Å². The zero-order valence-electron chi connectivity index (χ0n) is 8.95. The average molecular weight is 204 g/mol. The minimum Gasteiger partial charge on any atom is -0.299 e. The molecule has 74 valence electrons. The van der Waals surface area contributed by atoms with Crippen molar-refractivity contribution in [2.24, 2.45) is 0 Å². The zero-order chi connectivity index (χ0) is 10.6. The monoisotopic (exact) mass is 204 g/mol. The van der Waals surface area contributed by atoms with Gasteiger partial charge in [0.05, 0.1) is 8.07 Å². The van der Waals surface area contributed by atoms with Crippen LogP contribution in [-0.4, -0.2) is 14.4 Å². The number of carbonyl (C=O) groups is 1. The molecule has 0 amide bonds. The van der Waals surface area contributed by atoms with E-state index in [2.05, 4.69) is 37.8 Å². The molecule has 14 heavy (non-hydrogen) atoms. The van der Waals surface area contributed by atoms with E-state index in [0.29, 0.717) is 0 Å². The minimum atomic E-state index is -1.23. The van der Waals surface area contributed by atoms with Crippen LogP contribution in [0, 0.1) is 0 Å². The third-order valence-corrected chi connectivity index (χ3v) is 4.16. The van der Waals surface area contributed by atoms with Crippen LogP contribution in [0.5, 0.6) is 0 Å². The number of rotatable bonds is 3. The summed E-state index contributed by atoms with van der Waals surface area (Å²) in [5.74, 6) is 0. The number of hydrogen-bond donors (Lipinski definition) is 0. The number of allylic oxidation sites excluding steroid dienone is 1. The Hall–Kier alpha value is -1.15. The van der Waals surface area contributed by atoms with Crippen LogP contribution in [0.25, 0.3) is 6.08 Å². The zero-order valence-corrected chi connectivity index (χ0v) is 9.95. The van der Waals surface area contributed by atoms with Crippen LogP contribution in [0.1, 0.15) is 5.56 Å². The van der Waals surface area contributed by atoms with E-state index >= 15 is 0 Å². The topological polar surface area (TPSA) is 17.1 Å². The molecule has 1 aromatic carbocycles. The summed E-state index contributed by atoms with van der Waals surface area (Å²) in [5, 5.41) is 1.42. The van der Waals surface area contributed by atoms with E-state index in [0.717, 1.165) is 11.8 Å². The Morgan fingerprint density at radius 2 is 1.93 bits per heavy atom. The predicted octanol–water partition coefficient (Wildman–Crippen LogP) is 2.44. The lowest BCUT2D eigenvalue weighted by Crippen LogP contribution is -2.37. The highest BCUT2D eigenvalue weighted by atomic mass is 28.3. The van der Waals surface area contributed by atoms with Crippen molar-refractivity contribution in [2.75, 3.05) is 0 Å². The molecule has 0 N–H and O–H groups in total. The van der Waals surface area contributed by atoms with Gasteiger partial charge in [-0.2, -0.15) is 0 Å². The molecular formula is C12H16OSi. The van der Waals surface area contributed by atoms with Gasteiger partial charge in [-0.05, 0) is 11.6 Å². The summed E-state index contributed by atoms with van der Waals surface area (Å²) in [5.41, 5.74) is 1.11. The van der Waals surface area contributed by atoms with Crippen LogP contribution in [0.2, 0.25) is 19.6 Å². The van der Waals surface area contributed by atoms with Gasteiger partial charge in [-0.3, -0.25) is 4.79 Å². The Kier molecular flexibility index (Phi) is 3.41. The maximum Gasteiger partial charge on any atom is 0.142 e. The van der Waals surface area contributed by atoms with Gasteiger partial charge < -0.3 is 0 Å². The van der Waals surface area contributed by atoms with Gasteiger partial charge in [0.1, 0.15) is 6.29 Å². The molecular weight excluding hydrogens is 188 g/mol. The normalized spacial score (nSPS) is 11.9. The first kappa shape index (κ1) is 10.9. The van der Waals surface area contributed by atoms with Crippen molar-refractivity contribution in [1.29, 1.82) is 0 Å². The molecule has 0 aliphatic heterocycles. The highest BCUT2D eigenvalue weighted by molar-refractivity contribution is 6.88. The fourth-order valence-corrected chi connectivity index (χ4v) is 2.46. The van der Waals surface area contributed by atoms with Crippen molar-refractivity contribution >= 4 is 25.6 Å². The molecule has 0 aliphatic rings. The molecule has 0 bridgehead atoms. The van der Waals surface area contributed by atoms with Gasteiger partial charge in [0.15, 0.2) is 0 Å². The minimum absolute atomic E-state index is 0.807. The molecule has 0 atom stereocenters. The summed E-state index contributed by atoms with van der Waals surface area (Å²) in [7, 11) is -1.23. The van der Waals surface area contributed by atoms with Crippen LogP contribution in [0.15, 0.2) is 30.3 Å². The molecule has 0 saturated heterocycles. The third kappa shape index (κ3) is 2.96. The summed E-state index contributed by atoms with van der Waals surface area (Å²) < 4.78 is 0. The number of aldehydes is 1. The fraction of sp³-hybridized carbons (Fsp3) is 0.250. The average Bonchev–Trinajstić information content (AvgIpc) is 2.14. The second-order valence-corrected chi connectivity index (χ2v) is 9.45. The van der Waals surface area contributed by atoms with E-state index < -0.39 is 8.07 Å². The fourth-order valence-electron chi connectivity index (χ4n) is 1.26. The van der Waals surface area contributed by atoms with Crippen molar-refractivity contribution in [3.63, 3.8) is 0 Å². The van der Waals surface area contributed by atoms with E-state index in [9.17, 15) is 4.79 Å². The van der Waals surface area contributed by atoms with Gasteiger partial charge in [0.2, 0.25) is 0 Å². The van der Waals surface area contributed by atoms with Crippen molar-refractivity contribution in [1.82, 2.24) is 0 Å². The third-order valence-electron chi connectivity index (χ3n) is 2.12. The smallest absolute Gasteiger partial charge is 0.142 e.